The highest BCUT2D eigenvalue weighted by Gasteiger charge is 2.25. The Kier molecular flexibility index (Phi) is 8.12. The van der Waals surface area contributed by atoms with Gasteiger partial charge in [-0.2, -0.15) is 5.26 Å². The Balaban J connectivity index is 1.94. The molecule has 0 unspecified atom stereocenters. The summed E-state index contributed by atoms with van der Waals surface area (Å²) in [5.41, 5.74) is 3.10. The second-order valence-electron chi connectivity index (χ2n) is 6.85. The highest BCUT2D eigenvalue weighted by atomic mass is 16.5. The number of nitrogens with one attached hydrogen (secondary N) is 1. The van der Waals surface area contributed by atoms with Crippen LogP contribution in [0.3, 0.4) is 0 Å². The fraction of sp³-hybridized carbons (Fsp3) is 0.304. The number of carbonyl (C=O) groups is 3. The smallest absolute Gasteiger partial charge is 0.326 e. The van der Waals surface area contributed by atoms with Crippen LogP contribution >= 0.6 is 0 Å². The lowest BCUT2D eigenvalue weighted by Crippen LogP contribution is -2.42. The molecule has 0 radical (unpaired) electrons. The maximum Gasteiger partial charge on any atom is 0.326 e. The van der Waals surface area contributed by atoms with Crippen LogP contribution in [-0.4, -0.2) is 37.0 Å². The summed E-state index contributed by atoms with van der Waals surface area (Å²) in [6.07, 6.45) is -0.914. The number of para-hydroxylation sites is 1. The predicted molar refractivity (Wildman–Crippen MR) is 113 cm³/mol. The number of anilines is 1. The average molecular weight is 407 g/mol. The first-order valence-electron chi connectivity index (χ1n) is 9.61. The zero-order valence-electron chi connectivity index (χ0n) is 17.3. The second-order valence-corrected chi connectivity index (χ2v) is 6.85. The summed E-state index contributed by atoms with van der Waals surface area (Å²) in [5, 5.41) is 11.4. The van der Waals surface area contributed by atoms with Gasteiger partial charge in [-0.05, 0) is 56.2 Å². The van der Waals surface area contributed by atoms with E-state index in [9.17, 15) is 14.4 Å². The van der Waals surface area contributed by atoms with Gasteiger partial charge in [0.1, 0.15) is 6.54 Å². The first-order chi connectivity index (χ1) is 14.3. The van der Waals surface area contributed by atoms with Crippen molar-refractivity contribution in [3.63, 3.8) is 0 Å². The minimum atomic E-state index is -1.06. The Hall–Kier alpha value is -3.66. The average Bonchev–Trinajstić information content (AvgIpc) is 2.74. The molecule has 0 fully saturated rings. The molecule has 0 aliphatic heterocycles. The van der Waals surface area contributed by atoms with E-state index < -0.39 is 23.9 Å². The molecule has 0 saturated heterocycles. The number of hydrogen-bond donors (Lipinski definition) is 1. The summed E-state index contributed by atoms with van der Waals surface area (Å²) >= 11 is 0. The first-order valence-corrected chi connectivity index (χ1v) is 9.61. The summed E-state index contributed by atoms with van der Waals surface area (Å²) in [6, 6.07) is 16.1. The molecule has 1 N–H and O–H groups in total. The third-order valence-electron chi connectivity index (χ3n) is 4.60. The molecular formula is C23H25N3O4. The van der Waals surface area contributed by atoms with E-state index in [1.165, 1.54) is 11.8 Å². The third-order valence-corrected chi connectivity index (χ3v) is 4.60. The van der Waals surface area contributed by atoms with Crippen LogP contribution in [0.2, 0.25) is 0 Å². The Labute approximate surface area is 176 Å². The van der Waals surface area contributed by atoms with E-state index in [2.05, 4.69) is 5.32 Å². The number of carbonyl (C=O) groups excluding carboxylic acids is 3. The van der Waals surface area contributed by atoms with Gasteiger partial charge < -0.3 is 15.0 Å². The molecule has 0 heterocycles. The van der Waals surface area contributed by atoms with Gasteiger partial charge in [0.2, 0.25) is 0 Å². The van der Waals surface area contributed by atoms with Gasteiger partial charge in [0.25, 0.3) is 11.8 Å². The van der Waals surface area contributed by atoms with Crippen molar-refractivity contribution in [2.75, 3.05) is 18.0 Å². The van der Waals surface area contributed by atoms with Crippen molar-refractivity contribution in [3.8, 4) is 6.07 Å². The highest BCUT2D eigenvalue weighted by molar-refractivity contribution is 5.98. The van der Waals surface area contributed by atoms with Gasteiger partial charge in [-0.1, -0.05) is 24.3 Å². The summed E-state index contributed by atoms with van der Waals surface area (Å²) in [6.45, 7) is 5.14. The van der Waals surface area contributed by atoms with Crippen molar-refractivity contribution >= 4 is 23.5 Å². The molecule has 1 atom stereocenters. The molecule has 2 rings (SSSR count). The molecule has 2 aromatic carbocycles. The van der Waals surface area contributed by atoms with Crippen molar-refractivity contribution in [1.82, 2.24) is 5.32 Å². The summed E-state index contributed by atoms with van der Waals surface area (Å²) in [7, 11) is 0. The minimum Gasteiger partial charge on any atom is -0.451 e. The number of benzene rings is 2. The molecule has 0 saturated carbocycles. The van der Waals surface area contributed by atoms with Crippen LogP contribution in [-0.2, 0) is 14.3 Å². The summed E-state index contributed by atoms with van der Waals surface area (Å²) < 4.78 is 5.20. The molecule has 30 heavy (non-hydrogen) atoms. The quantitative estimate of drug-likeness (QED) is 0.678. The molecule has 0 aromatic heterocycles. The lowest BCUT2D eigenvalue weighted by atomic mass is 10.1. The van der Waals surface area contributed by atoms with E-state index in [0.29, 0.717) is 11.3 Å². The van der Waals surface area contributed by atoms with Crippen molar-refractivity contribution in [3.05, 3.63) is 65.2 Å². The molecule has 2 amide bonds. The zero-order valence-corrected chi connectivity index (χ0v) is 17.3. The van der Waals surface area contributed by atoms with Crippen molar-refractivity contribution in [1.29, 1.82) is 5.26 Å². The van der Waals surface area contributed by atoms with Crippen LogP contribution in [0.4, 0.5) is 5.69 Å². The van der Waals surface area contributed by atoms with Crippen molar-refractivity contribution in [2.24, 2.45) is 0 Å². The maximum absolute atomic E-state index is 12.8. The SMILES string of the molecule is Cc1ccc(C(=O)NCC(=O)O[C@H](C)C(=O)N(CCC#N)c2ccccc2)cc1C. The normalized spacial score (nSPS) is 11.1. The number of hydrogen-bond acceptors (Lipinski definition) is 5. The van der Waals surface area contributed by atoms with Crippen molar-refractivity contribution < 1.29 is 19.1 Å². The molecule has 0 bridgehead atoms. The largest absolute Gasteiger partial charge is 0.451 e. The number of rotatable bonds is 8. The standard InChI is InChI=1S/C23H25N3O4/c1-16-10-11-19(14-17(16)2)22(28)25-15-21(27)30-18(3)23(29)26(13-7-12-24)20-8-5-4-6-9-20/h4-6,8-11,14,18H,7,13,15H2,1-3H3,(H,25,28)/t18-/m1/s1. The van der Waals surface area contributed by atoms with Crippen LogP contribution < -0.4 is 10.2 Å². The van der Waals surface area contributed by atoms with E-state index in [-0.39, 0.29) is 19.5 Å². The fourth-order valence-electron chi connectivity index (χ4n) is 2.78. The molecule has 2 aromatic rings. The number of nitriles is 1. The van der Waals surface area contributed by atoms with Gasteiger partial charge in [0, 0.05) is 17.8 Å². The van der Waals surface area contributed by atoms with Crippen LogP contribution in [0.25, 0.3) is 0 Å². The van der Waals surface area contributed by atoms with Gasteiger partial charge in [-0.25, -0.2) is 0 Å². The molecular weight excluding hydrogens is 382 g/mol. The Bertz CT molecular complexity index is 951. The van der Waals surface area contributed by atoms with E-state index in [0.717, 1.165) is 11.1 Å². The summed E-state index contributed by atoms with van der Waals surface area (Å²) in [4.78, 5) is 38.5. The molecule has 156 valence electrons. The number of amides is 2. The van der Waals surface area contributed by atoms with Gasteiger partial charge in [0.05, 0.1) is 12.5 Å². The third kappa shape index (κ3) is 6.17. The van der Waals surface area contributed by atoms with E-state index >= 15 is 0 Å². The molecule has 0 aliphatic rings. The number of nitrogens with zero attached hydrogens (tertiary/aromatic N) is 2. The van der Waals surface area contributed by atoms with Gasteiger partial charge in [-0.15, -0.1) is 0 Å². The van der Waals surface area contributed by atoms with E-state index in [4.69, 9.17) is 10.00 Å². The van der Waals surface area contributed by atoms with Crippen LogP contribution in [0.5, 0.6) is 0 Å². The Morgan fingerprint density at radius 3 is 2.43 bits per heavy atom. The van der Waals surface area contributed by atoms with E-state index in [1.54, 1.807) is 36.4 Å². The van der Waals surface area contributed by atoms with E-state index in [1.807, 2.05) is 32.0 Å². The topological polar surface area (TPSA) is 99.5 Å². The first kappa shape index (κ1) is 22.6. The molecule has 0 spiro atoms. The molecule has 7 heteroatoms. The van der Waals surface area contributed by atoms with Crippen LogP contribution in [0, 0.1) is 25.2 Å². The number of ether oxygens (including phenoxy) is 1. The monoisotopic (exact) mass is 407 g/mol. The molecule has 0 aliphatic carbocycles. The van der Waals surface area contributed by atoms with Gasteiger partial charge in [0.15, 0.2) is 6.10 Å². The Morgan fingerprint density at radius 1 is 1.10 bits per heavy atom. The summed E-state index contributed by atoms with van der Waals surface area (Å²) in [5.74, 6) is -1.56. The lowest BCUT2D eigenvalue weighted by Gasteiger charge is -2.25. The minimum absolute atomic E-state index is 0.146. The fourth-order valence-corrected chi connectivity index (χ4v) is 2.78. The van der Waals surface area contributed by atoms with Crippen LogP contribution in [0.15, 0.2) is 48.5 Å². The highest BCUT2D eigenvalue weighted by Crippen LogP contribution is 2.16. The maximum atomic E-state index is 12.8. The predicted octanol–water partition coefficient (Wildman–Crippen LogP) is 2.91. The number of aryl methyl sites for hydroxylation is 2. The second kappa shape index (κ2) is 10.8. The molecule has 7 nitrogen and oxygen atoms in total. The van der Waals surface area contributed by atoms with Crippen LogP contribution in [0.1, 0.15) is 34.8 Å². The lowest BCUT2D eigenvalue weighted by molar-refractivity contribution is -0.152. The van der Waals surface area contributed by atoms with Crippen molar-refractivity contribution in [2.45, 2.75) is 33.3 Å². The van der Waals surface area contributed by atoms with Gasteiger partial charge >= 0.3 is 5.97 Å². The zero-order chi connectivity index (χ0) is 22.1. The van der Waals surface area contributed by atoms with Gasteiger partial charge in [-0.3, -0.25) is 14.4 Å². The Morgan fingerprint density at radius 2 is 1.80 bits per heavy atom. The number of esters is 1.